The number of benzene rings is 2. The Kier molecular flexibility index (Phi) is 6.07. The van der Waals surface area contributed by atoms with Crippen LogP contribution in [-0.4, -0.2) is 19.0 Å². The maximum atomic E-state index is 12.9. The Labute approximate surface area is 145 Å². The molecule has 0 saturated carbocycles. The van der Waals surface area contributed by atoms with Crippen LogP contribution in [0, 0.1) is 13.8 Å². The monoisotopic (exact) mass is 350 g/mol. The van der Waals surface area contributed by atoms with Crippen LogP contribution >= 0.6 is 0 Å². The number of rotatable bonds is 6. The van der Waals surface area contributed by atoms with Crippen molar-refractivity contribution in [2.75, 3.05) is 18.4 Å². The quantitative estimate of drug-likeness (QED) is 0.824. The van der Waals surface area contributed by atoms with Gasteiger partial charge in [0.15, 0.2) is 0 Å². The number of carbonyl (C=O) groups excluding carboxylic acids is 1. The van der Waals surface area contributed by atoms with E-state index in [1.165, 1.54) is 19.1 Å². The fourth-order valence-corrected chi connectivity index (χ4v) is 2.51. The molecule has 0 atom stereocenters. The average Bonchev–Trinajstić information content (AvgIpc) is 2.55. The number of hydrogen-bond acceptors (Lipinski definition) is 2. The first-order chi connectivity index (χ1) is 11.8. The fraction of sp³-hybridized carbons (Fsp3) is 0.316. The predicted octanol–water partition coefficient (Wildman–Crippen LogP) is 4.09. The van der Waals surface area contributed by atoms with Crippen molar-refractivity contribution in [3.63, 3.8) is 0 Å². The zero-order chi connectivity index (χ0) is 18.4. The number of hydrogen-bond donors (Lipinski definition) is 2. The first-order valence-corrected chi connectivity index (χ1v) is 8.00. The van der Waals surface area contributed by atoms with Crippen molar-refractivity contribution in [3.05, 3.63) is 64.7 Å². The summed E-state index contributed by atoms with van der Waals surface area (Å²) in [4.78, 5) is 11.8. The Morgan fingerprint density at radius 1 is 1.04 bits per heavy atom. The Morgan fingerprint density at radius 3 is 2.44 bits per heavy atom. The molecule has 0 fully saturated rings. The van der Waals surface area contributed by atoms with Crippen LogP contribution in [0.3, 0.4) is 0 Å². The maximum Gasteiger partial charge on any atom is 0.416 e. The van der Waals surface area contributed by atoms with E-state index in [0.29, 0.717) is 13.0 Å². The highest BCUT2D eigenvalue weighted by Gasteiger charge is 2.32. The van der Waals surface area contributed by atoms with E-state index >= 15 is 0 Å². The number of carbonyl (C=O) groups is 1. The highest BCUT2D eigenvalue weighted by molar-refractivity contribution is 5.80. The van der Waals surface area contributed by atoms with Crippen LogP contribution in [-0.2, 0) is 17.4 Å². The van der Waals surface area contributed by atoms with Gasteiger partial charge in [-0.05, 0) is 49.1 Å². The van der Waals surface area contributed by atoms with Gasteiger partial charge in [-0.3, -0.25) is 4.79 Å². The molecule has 3 nitrogen and oxygen atoms in total. The summed E-state index contributed by atoms with van der Waals surface area (Å²) in [5, 5.41) is 5.49. The zero-order valence-corrected chi connectivity index (χ0v) is 14.2. The SMILES string of the molecule is Cc1ccccc1CCNC(=O)CNc1ccc(C)c(C(F)(F)F)c1. The molecule has 0 radical (unpaired) electrons. The lowest BCUT2D eigenvalue weighted by atomic mass is 10.1. The molecule has 0 aromatic heterocycles. The van der Waals surface area contributed by atoms with E-state index in [4.69, 9.17) is 0 Å². The van der Waals surface area contributed by atoms with E-state index in [2.05, 4.69) is 10.6 Å². The third-order valence-corrected chi connectivity index (χ3v) is 3.97. The standard InChI is InChI=1S/C19H21F3N2O/c1-13-5-3-4-6-15(13)9-10-23-18(25)12-24-16-8-7-14(2)17(11-16)19(20,21)22/h3-8,11,24H,9-10,12H2,1-2H3,(H,23,25). The minimum absolute atomic E-state index is 0.0753. The van der Waals surface area contributed by atoms with Gasteiger partial charge in [0.2, 0.25) is 5.91 Å². The van der Waals surface area contributed by atoms with Gasteiger partial charge in [-0.25, -0.2) is 0 Å². The van der Waals surface area contributed by atoms with Crippen LogP contribution in [0.25, 0.3) is 0 Å². The smallest absolute Gasteiger partial charge is 0.376 e. The van der Waals surface area contributed by atoms with Gasteiger partial charge < -0.3 is 10.6 Å². The summed E-state index contributed by atoms with van der Waals surface area (Å²) < 4.78 is 38.6. The van der Waals surface area contributed by atoms with Gasteiger partial charge >= 0.3 is 6.18 Å². The Morgan fingerprint density at radius 2 is 1.76 bits per heavy atom. The predicted molar refractivity (Wildman–Crippen MR) is 92.6 cm³/mol. The third-order valence-electron chi connectivity index (χ3n) is 3.97. The number of halogens is 3. The van der Waals surface area contributed by atoms with E-state index in [0.717, 1.165) is 17.2 Å². The summed E-state index contributed by atoms with van der Waals surface area (Å²) in [6.07, 6.45) is -3.70. The number of aryl methyl sites for hydroxylation is 2. The highest BCUT2D eigenvalue weighted by Crippen LogP contribution is 2.33. The lowest BCUT2D eigenvalue weighted by Crippen LogP contribution is -2.31. The van der Waals surface area contributed by atoms with Crippen molar-refractivity contribution in [2.24, 2.45) is 0 Å². The fourth-order valence-electron chi connectivity index (χ4n) is 2.51. The van der Waals surface area contributed by atoms with Crippen LogP contribution in [0.4, 0.5) is 18.9 Å². The number of amides is 1. The summed E-state index contributed by atoms with van der Waals surface area (Å²) in [6, 6.07) is 11.9. The van der Waals surface area contributed by atoms with Crippen molar-refractivity contribution < 1.29 is 18.0 Å². The number of anilines is 1. The second kappa shape index (κ2) is 8.05. The van der Waals surface area contributed by atoms with Gasteiger partial charge in [0.1, 0.15) is 0 Å². The van der Waals surface area contributed by atoms with Gasteiger partial charge in [0.25, 0.3) is 0 Å². The summed E-state index contributed by atoms with van der Waals surface area (Å²) in [5.41, 5.74) is 2.04. The van der Waals surface area contributed by atoms with Gasteiger partial charge in [-0.1, -0.05) is 30.3 Å². The van der Waals surface area contributed by atoms with Gasteiger partial charge in [0.05, 0.1) is 12.1 Å². The van der Waals surface area contributed by atoms with Gasteiger partial charge in [-0.2, -0.15) is 13.2 Å². The van der Waals surface area contributed by atoms with E-state index in [-0.39, 0.29) is 23.7 Å². The van der Waals surface area contributed by atoms with Gasteiger partial charge in [0, 0.05) is 12.2 Å². The van der Waals surface area contributed by atoms with Crippen LogP contribution in [0.15, 0.2) is 42.5 Å². The normalized spacial score (nSPS) is 11.2. The van der Waals surface area contributed by atoms with Crippen molar-refractivity contribution in [3.8, 4) is 0 Å². The second-order valence-electron chi connectivity index (χ2n) is 5.91. The molecule has 134 valence electrons. The average molecular weight is 350 g/mol. The molecule has 0 bridgehead atoms. The summed E-state index contributed by atoms with van der Waals surface area (Å²) in [7, 11) is 0. The lowest BCUT2D eigenvalue weighted by Gasteiger charge is -2.13. The Balaban J connectivity index is 1.83. The molecule has 25 heavy (non-hydrogen) atoms. The third kappa shape index (κ3) is 5.52. The Bertz CT molecular complexity index is 742. The number of alkyl halides is 3. The summed E-state index contributed by atoms with van der Waals surface area (Å²) in [5.74, 6) is -0.261. The summed E-state index contributed by atoms with van der Waals surface area (Å²) >= 11 is 0. The molecule has 2 aromatic carbocycles. The molecule has 0 aliphatic carbocycles. The maximum absolute atomic E-state index is 12.9. The van der Waals surface area contributed by atoms with Crippen molar-refractivity contribution in [1.82, 2.24) is 5.32 Å². The van der Waals surface area contributed by atoms with Gasteiger partial charge in [-0.15, -0.1) is 0 Å². The van der Waals surface area contributed by atoms with Crippen LogP contribution < -0.4 is 10.6 Å². The topological polar surface area (TPSA) is 41.1 Å². The largest absolute Gasteiger partial charge is 0.416 e. The molecule has 2 rings (SSSR count). The van der Waals surface area contributed by atoms with E-state index in [9.17, 15) is 18.0 Å². The molecular formula is C19H21F3N2O. The number of nitrogens with one attached hydrogen (secondary N) is 2. The first kappa shape index (κ1) is 18.8. The van der Waals surface area contributed by atoms with E-state index in [1.54, 1.807) is 0 Å². The minimum atomic E-state index is -4.41. The molecule has 0 heterocycles. The van der Waals surface area contributed by atoms with Crippen molar-refractivity contribution in [1.29, 1.82) is 0 Å². The molecule has 0 saturated heterocycles. The molecule has 1 amide bonds. The molecule has 0 spiro atoms. The van der Waals surface area contributed by atoms with E-state index < -0.39 is 11.7 Å². The molecule has 6 heteroatoms. The molecule has 2 N–H and O–H groups in total. The first-order valence-electron chi connectivity index (χ1n) is 8.00. The summed E-state index contributed by atoms with van der Waals surface area (Å²) in [6.45, 7) is 3.82. The van der Waals surface area contributed by atoms with Crippen LogP contribution in [0.2, 0.25) is 0 Å². The highest BCUT2D eigenvalue weighted by atomic mass is 19.4. The Hall–Kier alpha value is -2.50. The molecule has 0 aliphatic rings. The van der Waals surface area contributed by atoms with Crippen molar-refractivity contribution in [2.45, 2.75) is 26.4 Å². The molecular weight excluding hydrogens is 329 g/mol. The molecule has 2 aromatic rings. The lowest BCUT2D eigenvalue weighted by molar-refractivity contribution is -0.138. The minimum Gasteiger partial charge on any atom is -0.376 e. The van der Waals surface area contributed by atoms with Crippen LogP contribution in [0.1, 0.15) is 22.3 Å². The zero-order valence-electron chi connectivity index (χ0n) is 14.2. The molecule has 0 aliphatic heterocycles. The van der Waals surface area contributed by atoms with Crippen molar-refractivity contribution >= 4 is 11.6 Å². The van der Waals surface area contributed by atoms with E-state index in [1.807, 2.05) is 31.2 Å². The second-order valence-corrected chi connectivity index (χ2v) is 5.91. The van der Waals surface area contributed by atoms with Crippen LogP contribution in [0.5, 0.6) is 0 Å². The molecule has 0 unspecified atom stereocenters.